The van der Waals surface area contributed by atoms with Crippen LogP contribution in [0.4, 0.5) is 10.1 Å². The first-order valence-electron chi connectivity index (χ1n) is 9.97. The first-order valence-corrected chi connectivity index (χ1v) is 10.3. The lowest BCUT2D eigenvalue weighted by molar-refractivity contribution is 0.443. The lowest BCUT2D eigenvalue weighted by Gasteiger charge is -2.21. The maximum atomic E-state index is 13.4. The lowest BCUT2D eigenvalue weighted by Crippen LogP contribution is -2.19. The Balaban J connectivity index is 2.07. The molecule has 1 N–H and O–H groups in total. The number of rotatable bonds is 5. The molecule has 158 valence electrons. The standard InChI is InChI=1S/C25H24ClFN4/c1-6-17(19-7-8-22(27)31-15(19)2)9-16-10-20-23(30-14-25(3,4)5)18(12-28)13-29-24(20)21(26)11-16/h1,7-8,10-11,13,17H,9,14H2,2-5H3,(H,29,30)/t17-/m0/s1. The summed E-state index contributed by atoms with van der Waals surface area (Å²) >= 11 is 6.56. The molecule has 0 bridgehead atoms. The van der Waals surface area contributed by atoms with Crippen molar-refractivity contribution in [3.05, 3.63) is 63.8 Å². The summed E-state index contributed by atoms with van der Waals surface area (Å²) in [5.41, 5.74) is 4.08. The summed E-state index contributed by atoms with van der Waals surface area (Å²) in [7, 11) is 0. The van der Waals surface area contributed by atoms with E-state index in [-0.39, 0.29) is 11.3 Å². The lowest BCUT2D eigenvalue weighted by atomic mass is 9.91. The Labute approximate surface area is 187 Å². The Hall–Kier alpha value is -3.15. The molecule has 3 rings (SSSR count). The zero-order valence-electron chi connectivity index (χ0n) is 18.1. The molecule has 3 aromatic rings. The van der Waals surface area contributed by atoms with Crippen molar-refractivity contribution in [1.82, 2.24) is 9.97 Å². The van der Waals surface area contributed by atoms with E-state index in [9.17, 15) is 9.65 Å². The van der Waals surface area contributed by atoms with Gasteiger partial charge >= 0.3 is 0 Å². The SMILES string of the molecule is C#C[C@@H](Cc1cc(Cl)c2ncc(C#N)c(NCC(C)(C)C)c2c1)c1ccc(F)nc1C. The largest absolute Gasteiger partial charge is 0.383 e. The van der Waals surface area contributed by atoms with E-state index in [1.807, 2.05) is 12.1 Å². The van der Waals surface area contributed by atoms with E-state index >= 15 is 0 Å². The molecule has 0 unspecified atom stereocenters. The van der Waals surface area contributed by atoms with Crippen LogP contribution >= 0.6 is 11.6 Å². The van der Waals surface area contributed by atoms with Gasteiger partial charge in [0.25, 0.3) is 0 Å². The second kappa shape index (κ2) is 8.92. The highest BCUT2D eigenvalue weighted by atomic mass is 35.5. The average Bonchev–Trinajstić information content (AvgIpc) is 2.70. The molecule has 0 aliphatic heterocycles. The second-order valence-corrected chi connectivity index (χ2v) is 9.19. The molecule has 0 saturated carbocycles. The minimum Gasteiger partial charge on any atom is -0.383 e. The van der Waals surface area contributed by atoms with Gasteiger partial charge in [0, 0.05) is 23.8 Å². The van der Waals surface area contributed by atoms with Crippen LogP contribution in [0.3, 0.4) is 0 Å². The normalized spacial score (nSPS) is 12.3. The molecule has 0 aliphatic carbocycles. The molecule has 0 radical (unpaired) electrons. The molecule has 0 aliphatic rings. The van der Waals surface area contributed by atoms with Crippen LogP contribution in [0.1, 0.15) is 49.1 Å². The third kappa shape index (κ3) is 5.13. The number of anilines is 1. The zero-order chi connectivity index (χ0) is 22.8. The molecule has 0 saturated heterocycles. The van der Waals surface area contributed by atoms with Gasteiger partial charge in [-0.25, -0.2) is 4.98 Å². The molecule has 0 spiro atoms. The van der Waals surface area contributed by atoms with Crippen molar-refractivity contribution in [2.45, 2.75) is 40.0 Å². The van der Waals surface area contributed by atoms with Crippen molar-refractivity contribution in [2.75, 3.05) is 11.9 Å². The number of nitrogens with one attached hydrogen (secondary N) is 1. The van der Waals surface area contributed by atoms with Crippen LogP contribution in [0.5, 0.6) is 0 Å². The van der Waals surface area contributed by atoms with Gasteiger partial charge < -0.3 is 5.32 Å². The Morgan fingerprint density at radius 1 is 1.29 bits per heavy atom. The van der Waals surface area contributed by atoms with E-state index in [1.54, 1.807) is 13.0 Å². The van der Waals surface area contributed by atoms with Gasteiger partial charge in [0.05, 0.1) is 27.7 Å². The van der Waals surface area contributed by atoms with Crippen molar-refractivity contribution >= 4 is 28.2 Å². The third-order valence-electron chi connectivity index (χ3n) is 5.01. The van der Waals surface area contributed by atoms with E-state index in [2.05, 4.69) is 48.0 Å². The Bertz CT molecular complexity index is 1220. The fourth-order valence-electron chi connectivity index (χ4n) is 3.47. The van der Waals surface area contributed by atoms with Gasteiger partial charge in [0.2, 0.25) is 5.95 Å². The van der Waals surface area contributed by atoms with Gasteiger partial charge in [0.15, 0.2) is 0 Å². The van der Waals surface area contributed by atoms with Crippen molar-refractivity contribution in [1.29, 1.82) is 5.26 Å². The molecule has 0 fully saturated rings. The van der Waals surface area contributed by atoms with Crippen molar-refractivity contribution in [3.8, 4) is 18.4 Å². The molecule has 0 amide bonds. The predicted octanol–water partition coefficient (Wildman–Crippen LogP) is 6.02. The highest BCUT2D eigenvalue weighted by Crippen LogP contribution is 2.34. The zero-order valence-corrected chi connectivity index (χ0v) is 18.8. The highest BCUT2D eigenvalue weighted by Gasteiger charge is 2.18. The molecule has 4 nitrogen and oxygen atoms in total. The first kappa shape index (κ1) is 22.5. The topological polar surface area (TPSA) is 61.6 Å². The number of aryl methyl sites for hydroxylation is 1. The van der Waals surface area contributed by atoms with E-state index in [0.717, 1.165) is 16.5 Å². The molecule has 1 atom stereocenters. The van der Waals surface area contributed by atoms with Crippen molar-refractivity contribution in [3.63, 3.8) is 0 Å². The number of nitrogens with zero attached hydrogens (tertiary/aromatic N) is 3. The van der Waals surface area contributed by atoms with E-state index in [0.29, 0.717) is 40.4 Å². The maximum Gasteiger partial charge on any atom is 0.213 e. The fraction of sp³-hybridized carbons (Fsp3) is 0.320. The third-order valence-corrected chi connectivity index (χ3v) is 5.30. The van der Waals surface area contributed by atoms with Gasteiger partial charge in [-0.2, -0.15) is 9.65 Å². The van der Waals surface area contributed by atoms with E-state index in [4.69, 9.17) is 18.0 Å². The Morgan fingerprint density at radius 2 is 2.03 bits per heavy atom. The monoisotopic (exact) mass is 434 g/mol. The van der Waals surface area contributed by atoms with Crippen LogP contribution in [-0.4, -0.2) is 16.5 Å². The van der Waals surface area contributed by atoms with Gasteiger partial charge in [0.1, 0.15) is 6.07 Å². The molecule has 6 heteroatoms. The second-order valence-electron chi connectivity index (χ2n) is 8.78. The summed E-state index contributed by atoms with van der Waals surface area (Å²) in [6.07, 6.45) is 7.84. The number of pyridine rings is 2. The minimum atomic E-state index is -0.532. The van der Waals surface area contributed by atoms with Crippen molar-refractivity contribution in [2.24, 2.45) is 5.41 Å². The van der Waals surface area contributed by atoms with Gasteiger partial charge in [-0.15, -0.1) is 6.42 Å². The van der Waals surface area contributed by atoms with Crippen molar-refractivity contribution < 1.29 is 4.39 Å². The smallest absolute Gasteiger partial charge is 0.213 e. The number of nitriles is 1. The quantitative estimate of drug-likeness (QED) is 0.394. The predicted molar refractivity (Wildman–Crippen MR) is 124 cm³/mol. The average molecular weight is 435 g/mol. The van der Waals surface area contributed by atoms with Crippen LogP contribution < -0.4 is 5.32 Å². The summed E-state index contributed by atoms with van der Waals surface area (Å²) < 4.78 is 13.4. The van der Waals surface area contributed by atoms with Crippen LogP contribution in [-0.2, 0) is 6.42 Å². The number of hydrogen-bond acceptors (Lipinski definition) is 4. The number of fused-ring (bicyclic) bond motifs is 1. The summed E-state index contributed by atoms with van der Waals surface area (Å²) in [4.78, 5) is 8.28. The van der Waals surface area contributed by atoms with Gasteiger partial charge in [-0.1, -0.05) is 44.4 Å². The summed E-state index contributed by atoms with van der Waals surface area (Å²) in [6.45, 7) is 8.77. The molecule has 1 aromatic carbocycles. The van der Waals surface area contributed by atoms with E-state index in [1.165, 1.54) is 12.3 Å². The van der Waals surface area contributed by atoms with Crippen LogP contribution in [0.15, 0.2) is 30.5 Å². The van der Waals surface area contributed by atoms with Crippen LogP contribution in [0.2, 0.25) is 5.02 Å². The Kier molecular flexibility index (Phi) is 6.48. The number of terminal acetylenes is 1. The fourth-order valence-corrected chi connectivity index (χ4v) is 3.76. The Morgan fingerprint density at radius 3 is 2.65 bits per heavy atom. The maximum absolute atomic E-state index is 13.4. The number of hydrogen-bond donors (Lipinski definition) is 1. The van der Waals surface area contributed by atoms with Crippen LogP contribution in [0, 0.1) is 42.0 Å². The summed E-state index contributed by atoms with van der Waals surface area (Å²) in [6, 6.07) is 9.01. The minimum absolute atomic E-state index is 0.0192. The molecular formula is C25H24ClFN4. The molecule has 31 heavy (non-hydrogen) atoms. The molecular weight excluding hydrogens is 411 g/mol. The van der Waals surface area contributed by atoms with E-state index < -0.39 is 5.95 Å². The van der Waals surface area contributed by atoms with Gasteiger partial charge in [-0.05, 0) is 48.1 Å². The molecule has 2 heterocycles. The first-order chi connectivity index (χ1) is 14.6. The van der Waals surface area contributed by atoms with Crippen LogP contribution in [0.25, 0.3) is 10.9 Å². The summed E-state index contributed by atoms with van der Waals surface area (Å²) in [5.74, 6) is 1.96. The highest BCUT2D eigenvalue weighted by molar-refractivity contribution is 6.35. The number of halogens is 2. The van der Waals surface area contributed by atoms with Gasteiger partial charge in [-0.3, -0.25) is 4.98 Å². The molecule has 2 aromatic heterocycles. The summed E-state index contributed by atoms with van der Waals surface area (Å²) in [5, 5.41) is 14.3. The number of benzene rings is 1. The number of aromatic nitrogens is 2.